The minimum atomic E-state index is -0.108. The van der Waals surface area contributed by atoms with Crippen LogP contribution in [0.15, 0.2) is 16.2 Å². The average molecular weight is 292 g/mol. The zero-order valence-corrected chi connectivity index (χ0v) is 12.9. The van der Waals surface area contributed by atoms with E-state index < -0.39 is 0 Å². The van der Waals surface area contributed by atoms with Gasteiger partial charge >= 0.3 is 0 Å². The highest BCUT2D eigenvalue weighted by Crippen LogP contribution is 2.10. The number of thiazole rings is 1. The highest BCUT2D eigenvalue weighted by atomic mass is 32.1. The molecule has 0 unspecified atom stereocenters. The predicted octanol–water partition coefficient (Wildman–Crippen LogP) is 1.87. The molecule has 0 aliphatic rings. The molecule has 2 aromatic rings. The summed E-state index contributed by atoms with van der Waals surface area (Å²) in [6.07, 6.45) is 0.567. The number of H-pyrrole nitrogens is 1. The molecular formula is C14H20N4OS. The largest absolute Gasteiger partial charge is 0.311 e. The summed E-state index contributed by atoms with van der Waals surface area (Å²) >= 11 is 1.61. The molecule has 0 radical (unpaired) electrons. The van der Waals surface area contributed by atoms with Crippen LogP contribution in [0.2, 0.25) is 0 Å². The van der Waals surface area contributed by atoms with Gasteiger partial charge in [-0.05, 0) is 19.4 Å². The van der Waals surface area contributed by atoms with Crippen LogP contribution < -0.4 is 10.9 Å². The molecule has 0 spiro atoms. The molecule has 108 valence electrons. The zero-order valence-electron chi connectivity index (χ0n) is 12.1. The van der Waals surface area contributed by atoms with Gasteiger partial charge in [0.25, 0.3) is 5.56 Å². The summed E-state index contributed by atoms with van der Waals surface area (Å²) in [6.45, 7) is 7.79. The summed E-state index contributed by atoms with van der Waals surface area (Å²) in [6, 6.07) is 1.54. The van der Waals surface area contributed by atoms with Gasteiger partial charge in [-0.3, -0.25) is 4.79 Å². The first kappa shape index (κ1) is 14.9. The maximum absolute atomic E-state index is 11.7. The van der Waals surface area contributed by atoms with Crippen LogP contribution >= 0.6 is 11.3 Å². The summed E-state index contributed by atoms with van der Waals surface area (Å²) < 4.78 is 0. The lowest BCUT2D eigenvalue weighted by Gasteiger charge is -2.07. The van der Waals surface area contributed by atoms with Crippen molar-refractivity contribution in [3.05, 3.63) is 44.0 Å². The molecule has 0 amide bonds. The van der Waals surface area contributed by atoms with E-state index in [0.717, 1.165) is 22.9 Å². The van der Waals surface area contributed by atoms with Gasteiger partial charge in [-0.2, -0.15) is 0 Å². The van der Waals surface area contributed by atoms with Gasteiger partial charge in [0.05, 0.1) is 16.4 Å². The van der Waals surface area contributed by atoms with Gasteiger partial charge in [0.1, 0.15) is 5.82 Å². The molecule has 5 nitrogen and oxygen atoms in total. The Labute approximate surface area is 122 Å². The maximum Gasteiger partial charge on any atom is 0.251 e. The van der Waals surface area contributed by atoms with Crippen molar-refractivity contribution in [2.45, 2.75) is 33.7 Å². The molecule has 0 fully saturated rings. The summed E-state index contributed by atoms with van der Waals surface area (Å²) in [4.78, 5) is 23.3. The van der Waals surface area contributed by atoms with Crippen LogP contribution in [0.3, 0.4) is 0 Å². The van der Waals surface area contributed by atoms with Gasteiger partial charge in [0.2, 0.25) is 0 Å². The number of aromatic amines is 1. The molecule has 2 rings (SSSR count). The fourth-order valence-corrected chi connectivity index (χ4v) is 2.50. The predicted molar refractivity (Wildman–Crippen MR) is 81.1 cm³/mol. The molecule has 2 N–H and O–H groups in total. The van der Waals surface area contributed by atoms with E-state index in [9.17, 15) is 4.79 Å². The normalized spacial score (nSPS) is 11.2. The third-order valence-electron chi connectivity index (χ3n) is 2.72. The Bertz CT molecular complexity index is 618. The van der Waals surface area contributed by atoms with Crippen molar-refractivity contribution in [1.82, 2.24) is 20.3 Å². The Morgan fingerprint density at radius 3 is 2.80 bits per heavy atom. The Morgan fingerprint density at radius 2 is 2.15 bits per heavy atom. The molecule has 2 heterocycles. The monoisotopic (exact) mass is 292 g/mol. The van der Waals surface area contributed by atoms with Crippen LogP contribution in [0.4, 0.5) is 0 Å². The van der Waals surface area contributed by atoms with Crippen LogP contribution in [-0.2, 0) is 13.0 Å². The molecule has 0 aliphatic carbocycles. The topological polar surface area (TPSA) is 70.7 Å². The van der Waals surface area contributed by atoms with Crippen molar-refractivity contribution in [2.75, 3.05) is 6.54 Å². The van der Waals surface area contributed by atoms with E-state index in [4.69, 9.17) is 0 Å². The lowest BCUT2D eigenvalue weighted by Crippen LogP contribution is -2.22. The van der Waals surface area contributed by atoms with E-state index in [2.05, 4.69) is 34.1 Å². The molecule has 0 bridgehead atoms. The third kappa shape index (κ3) is 4.54. The number of rotatable bonds is 6. The van der Waals surface area contributed by atoms with E-state index in [1.807, 2.05) is 12.3 Å². The second-order valence-corrected chi connectivity index (χ2v) is 6.31. The summed E-state index contributed by atoms with van der Waals surface area (Å²) in [5.41, 5.74) is 1.61. The van der Waals surface area contributed by atoms with Crippen molar-refractivity contribution < 1.29 is 0 Å². The number of nitrogens with zero attached hydrogens (tertiary/aromatic N) is 2. The van der Waals surface area contributed by atoms with Crippen LogP contribution in [0.25, 0.3) is 0 Å². The molecule has 20 heavy (non-hydrogen) atoms. The highest BCUT2D eigenvalue weighted by molar-refractivity contribution is 7.09. The molecular weight excluding hydrogens is 272 g/mol. The lowest BCUT2D eigenvalue weighted by atomic mass is 10.2. The van der Waals surface area contributed by atoms with E-state index in [1.54, 1.807) is 17.4 Å². The van der Waals surface area contributed by atoms with Crippen LogP contribution in [0.1, 0.15) is 36.1 Å². The van der Waals surface area contributed by atoms with E-state index in [1.165, 1.54) is 0 Å². The Balaban J connectivity index is 2.06. The van der Waals surface area contributed by atoms with Gasteiger partial charge in [-0.1, -0.05) is 13.8 Å². The van der Waals surface area contributed by atoms with E-state index >= 15 is 0 Å². The number of aryl methyl sites for hydroxylation is 1. The van der Waals surface area contributed by atoms with Gasteiger partial charge in [-0.25, -0.2) is 9.97 Å². The number of nitrogens with one attached hydrogen (secondary N) is 2. The van der Waals surface area contributed by atoms with E-state index in [-0.39, 0.29) is 5.56 Å². The van der Waals surface area contributed by atoms with Gasteiger partial charge in [0, 0.05) is 24.4 Å². The molecule has 6 heteroatoms. The number of hydrogen-bond donors (Lipinski definition) is 2. The second-order valence-electron chi connectivity index (χ2n) is 5.24. The first-order valence-corrected chi connectivity index (χ1v) is 7.61. The maximum atomic E-state index is 11.7. The van der Waals surface area contributed by atoms with Crippen molar-refractivity contribution in [1.29, 1.82) is 0 Å². The fraction of sp³-hybridized carbons (Fsp3) is 0.500. The Morgan fingerprint density at radius 1 is 1.35 bits per heavy atom. The minimum absolute atomic E-state index is 0.108. The van der Waals surface area contributed by atoms with Crippen LogP contribution in [-0.4, -0.2) is 21.5 Å². The molecule has 2 aromatic heterocycles. The lowest BCUT2D eigenvalue weighted by molar-refractivity contribution is 0.546. The van der Waals surface area contributed by atoms with Gasteiger partial charge < -0.3 is 10.3 Å². The smallest absolute Gasteiger partial charge is 0.251 e. The molecule has 0 aromatic carbocycles. The standard InChI is InChI=1S/C14H20N4OS/c1-9(2)6-15-7-11-5-14(19)18-13(17-11)4-12-8-20-10(3)16-12/h5,8-9,15H,4,6-7H2,1-3H3,(H,17,18,19). The zero-order chi connectivity index (χ0) is 14.5. The number of aromatic nitrogens is 3. The third-order valence-corrected chi connectivity index (χ3v) is 3.54. The fourth-order valence-electron chi connectivity index (χ4n) is 1.89. The summed E-state index contributed by atoms with van der Waals surface area (Å²) in [5.74, 6) is 1.25. The first-order chi connectivity index (χ1) is 9.52. The summed E-state index contributed by atoms with van der Waals surface area (Å²) in [7, 11) is 0. The molecule has 0 saturated carbocycles. The quantitative estimate of drug-likeness (QED) is 0.852. The Kier molecular flexibility index (Phi) is 5.03. The first-order valence-electron chi connectivity index (χ1n) is 6.74. The van der Waals surface area contributed by atoms with Crippen LogP contribution in [0, 0.1) is 12.8 Å². The SMILES string of the molecule is Cc1nc(Cc2nc(CNCC(C)C)cc(=O)[nH]2)cs1. The van der Waals surface area contributed by atoms with Crippen molar-refractivity contribution in [3.63, 3.8) is 0 Å². The molecule has 0 saturated heterocycles. The molecule has 0 atom stereocenters. The van der Waals surface area contributed by atoms with Gasteiger partial charge in [0.15, 0.2) is 0 Å². The highest BCUT2D eigenvalue weighted by Gasteiger charge is 2.05. The average Bonchev–Trinajstić information content (AvgIpc) is 2.73. The van der Waals surface area contributed by atoms with Crippen molar-refractivity contribution in [2.24, 2.45) is 5.92 Å². The van der Waals surface area contributed by atoms with Crippen LogP contribution in [0.5, 0.6) is 0 Å². The minimum Gasteiger partial charge on any atom is -0.311 e. The number of hydrogen-bond acceptors (Lipinski definition) is 5. The van der Waals surface area contributed by atoms with Gasteiger partial charge in [-0.15, -0.1) is 11.3 Å². The summed E-state index contributed by atoms with van der Waals surface area (Å²) in [5, 5.41) is 6.32. The molecule has 0 aliphatic heterocycles. The van der Waals surface area contributed by atoms with Crippen molar-refractivity contribution >= 4 is 11.3 Å². The van der Waals surface area contributed by atoms with Crippen molar-refractivity contribution in [3.8, 4) is 0 Å². The Hall–Kier alpha value is -1.53. The van der Waals surface area contributed by atoms with E-state index in [0.29, 0.717) is 24.7 Å². The second kappa shape index (κ2) is 6.76.